The monoisotopic (exact) mass is 416 g/mol. The molecule has 0 fully saturated rings. The molecule has 0 aliphatic heterocycles. The van der Waals surface area contributed by atoms with E-state index in [1.165, 1.54) is 6.07 Å². The summed E-state index contributed by atoms with van der Waals surface area (Å²) < 4.78 is 0. The Morgan fingerprint density at radius 1 is 0.806 bits per heavy atom. The normalized spacial score (nSPS) is 11.4. The van der Waals surface area contributed by atoms with Crippen LogP contribution in [0.3, 0.4) is 0 Å². The maximum Gasteiger partial charge on any atom is 0.251 e. The average Bonchev–Trinajstić information content (AvgIpc) is 2.79. The Morgan fingerprint density at radius 2 is 1.45 bits per heavy atom. The highest BCUT2D eigenvalue weighted by atomic mass is 16.2. The summed E-state index contributed by atoms with van der Waals surface area (Å²) in [4.78, 5) is 37.1. The Bertz CT molecular complexity index is 1070. The van der Waals surface area contributed by atoms with Gasteiger partial charge in [0.1, 0.15) is 6.04 Å². The number of carbonyl (C=O) groups excluding carboxylic acids is 3. The molecule has 6 N–H and O–H groups in total. The molecule has 0 aromatic heterocycles. The van der Waals surface area contributed by atoms with Crippen LogP contribution in [0.25, 0.3) is 0 Å². The largest absolute Gasteiger partial charge is 0.366 e. The van der Waals surface area contributed by atoms with Crippen LogP contribution in [0.4, 0.5) is 5.69 Å². The zero-order chi connectivity index (χ0) is 22.2. The van der Waals surface area contributed by atoms with Crippen LogP contribution < -0.4 is 22.1 Å². The van der Waals surface area contributed by atoms with Gasteiger partial charge in [-0.15, -0.1) is 0 Å². The molecule has 0 saturated heterocycles. The Hall–Kier alpha value is -3.97. The van der Waals surface area contributed by atoms with Crippen molar-refractivity contribution in [2.24, 2.45) is 11.5 Å². The predicted octanol–water partition coefficient (Wildman–Crippen LogP) is 2.22. The van der Waals surface area contributed by atoms with Crippen LogP contribution >= 0.6 is 0 Å². The first-order valence-electron chi connectivity index (χ1n) is 9.81. The van der Waals surface area contributed by atoms with Crippen LogP contribution in [0, 0.1) is 0 Å². The van der Waals surface area contributed by atoms with Gasteiger partial charge >= 0.3 is 0 Å². The van der Waals surface area contributed by atoms with Crippen molar-refractivity contribution in [2.45, 2.75) is 19.0 Å². The van der Waals surface area contributed by atoms with Crippen LogP contribution in [0.1, 0.15) is 31.8 Å². The van der Waals surface area contributed by atoms with Crippen LogP contribution in [0.5, 0.6) is 0 Å². The molecule has 3 amide bonds. The second kappa shape index (κ2) is 10.2. The minimum absolute atomic E-state index is 0.278. The van der Waals surface area contributed by atoms with E-state index < -0.39 is 17.9 Å². The Kier molecular flexibility index (Phi) is 7.13. The first kappa shape index (κ1) is 21.7. The standard InChI is InChI=1S/C24H24N4O3/c25-15-17-11-9-16(10-12-17)13-21(28-23(30)18-5-2-1-3-6-18)24(31)27-20-8-4-7-19(14-20)22(26)29/h1-12,14,21H,13,15,25H2,(H2,26,29)(H,27,31)(H,28,30)/t21-/m0/s1. The van der Waals surface area contributed by atoms with E-state index in [4.69, 9.17) is 11.5 Å². The Labute approximate surface area is 180 Å². The highest BCUT2D eigenvalue weighted by Gasteiger charge is 2.22. The lowest BCUT2D eigenvalue weighted by Crippen LogP contribution is -2.45. The molecule has 3 aromatic rings. The number of rotatable bonds is 8. The van der Waals surface area contributed by atoms with Gasteiger partial charge in [0.05, 0.1) is 0 Å². The second-order valence-electron chi connectivity index (χ2n) is 7.05. The molecule has 3 rings (SSSR count). The Morgan fingerprint density at radius 3 is 2.10 bits per heavy atom. The number of primary amides is 1. The molecule has 7 nitrogen and oxygen atoms in total. The van der Waals surface area contributed by atoms with Crippen LogP contribution in [-0.4, -0.2) is 23.8 Å². The van der Waals surface area contributed by atoms with Crippen molar-refractivity contribution in [3.63, 3.8) is 0 Å². The molecule has 0 radical (unpaired) electrons. The smallest absolute Gasteiger partial charge is 0.251 e. The first-order chi connectivity index (χ1) is 15.0. The number of nitrogens with two attached hydrogens (primary N) is 2. The van der Waals surface area contributed by atoms with Crippen molar-refractivity contribution in [1.82, 2.24) is 5.32 Å². The van der Waals surface area contributed by atoms with Crippen molar-refractivity contribution in [3.8, 4) is 0 Å². The van der Waals surface area contributed by atoms with Crippen LogP contribution in [0.2, 0.25) is 0 Å². The van der Waals surface area contributed by atoms with E-state index in [0.717, 1.165) is 11.1 Å². The van der Waals surface area contributed by atoms with Crippen molar-refractivity contribution >= 4 is 23.4 Å². The molecule has 3 aromatic carbocycles. The summed E-state index contributed by atoms with van der Waals surface area (Å²) in [6, 6.07) is 21.7. The molecule has 158 valence electrons. The molecular formula is C24H24N4O3. The minimum Gasteiger partial charge on any atom is -0.366 e. The molecule has 0 bridgehead atoms. The summed E-state index contributed by atoms with van der Waals surface area (Å²) in [6.07, 6.45) is 0.283. The highest BCUT2D eigenvalue weighted by molar-refractivity contribution is 6.02. The SMILES string of the molecule is NCc1ccc(C[C@H](NC(=O)c2ccccc2)C(=O)Nc2cccc(C(N)=O)c2)cc1. The fourth-order valence-electron chi connectivity index (χ4n) is 3.07. The fraction of sp³-hybridized carbons (Fsp3) is 0.125. The van der Waals surface area contributed by atoms with E-state index in [0.29, 0.717) is 17.8 Å². The molecule has 31 heavy (non-hydrogen) atoms. The van der Waals surface area contributed by atoms with Crippen molar-refractivity contribution in [1.29, 1.82) is 0 Å². The summed E-state index contributed by atoms with van der Waals surface area (Å²) in [5.41, 5.74) is 13.9. The lowest BCUT2D eigenvalue weighted by atomic mass is 10.0. The lowest BCUT2D eigenvalue weighted by molar-refractivity contribution is -0.118. The Balaban J connectivity index is 1.81. The van der Waals surface area contributed by atoms with Gasteiger partial charge in [-0.2, -0.15) is 0 Å². The number of amides is 3. The van der Waals surface area contributed by atoms with Gasteiger partial charge in [-0.1, -0.05) is 48.5 Å². The summed E-state index contributed by atoms with van der Waals surface area (Å²) in [7, 11) is 0. The van der Waals surface area contributed by atoms with Gasteiger partial charge in [-0.05, 0) is 41.5 Å². The van der Waals surface area contributed by atoms with Gasteiger partial charge in [0.25, 0.3) is 5.91 Å². The number of anilines is 1. The maximum atomic E-state index is 13.0. The molecule has 0 aliphatic carbocycles. The zero-order valence-electron chi connectivity index (χ0n) is 16.9. The number of hydrogen-bond acceptors (Lipinski definition) is 4. The van der Waals surface area contributed by atoms with Crippen LogP contribution in [0.15, 0.2) is 78.9 Å². The van der Waals surface area contributed by atoms with E-state index in [1.54, 1.807) is 42.5 Å². The lowest BCUT2D eigenvalue weighted by Gasteiger charge is -2.19. The molecule has 0 aliphatic rings. The quantitative estimate of drug-likeness (QED) is 0.449. The molecule has 0 heterocycles. The van der Waals surface area contributed by atoms with Crippen molar-refractivity contribution in [3.05, 3.63) is 101 Å². The molecule has 1 atom stereocenters. The topological polar surface area (TPSA) is 127 Å². The van der Waals surface area contributed by atoms with E-state index in [1.807, 2.05) is 30.3 Å². The number of carbonyl (C=O) groups is 3. The molecule has 0 saturated carbocycles. The van der Waals surface area contributed by atoms with E-state index in [2.05, 4.69) is 10.6 Å². The molecule has 0 unspecified atom stereocenters. The van der Waals surface area contributed by atoms with Gasteiger partial charge < -0.3 is 22.1 Å². The molecule has 0 spiro atoms. The minimum atomic E-state index is -0.839. The van der Waals surface area contributed by atoms with Crippen LogP contribution in [-0.2, 0) is 17.8 Å². The fourth-order valence-corrected chi connectivity index (χ4v) is 3.07. The summed E-state index contributed by atoms with van der Waals surface area (Å²) in [5.74, 6) is -1.36. The average molecular weight is 416 g/mol. The maximum absolute atomic E-state index is 13.0. The zero-order valence-corrected chi connectivity index (χ0v) is 16.9. The summed E-state index contributed by atoms with van der Waals surface area (Å²) >= 11 is 0. The van der Waals surface area contributed by atoms with Gasteiger partial charge in [0.15, 0.2) is 0 Å². The third-order valence-electron chi connectivity index (χ3n) is 4.77. The van der Waals surface area contributed by atoms with E-state index >= 15 is 0 Å². The first-order valence-corrected chi connectivity index (χ1v) is 9.81. The third-order valence-corrected chi connectivity index (χ3v) is 4.77. The summed E-state index contributed by atoms with van der Waals surface area (Å²) in [6.45, 7) is 0.422. The molecule has 7 heteroatoms. The number of hydrogen-bond donors (Lipinski definition) is 4. The third kappa shape index (κ3) is 6.01. The van der Waals surface area contributed by atoms with Gasteiger partial charge in [0, 0.05) is 29.8 Å². The molecular weight excluding hydrogens is 392 g/mol. The summed E-state index contributed by atoms with van der Waals surface area (Å²) in [5, 5.41) is 5.56. The number of nitrogens with one attached hydrogen (secondary N) is 2. The van der Waals surface area contributed by atoms with Crippen molar-refractivity contribution < 1.29 is 14.4 Å². The van der Waals surface area contributed by atoms with E-state index in [9.17, 15) is 14.4 Å². The van der Waals surface area contributed by atoms with Crippen molar-refractivity contribution in [2.75, 3.05) is 5.32 Å². The number of benzene rings is 3. The predicted molar refractivity (Wildman–Crippen MR) is 119 cm³/mol. The highest BCUT2D eigenvalue weighted by Crippen LogP contribution is 2.13. The van der Waals surface area contributed by atoms with Gasteiger partial charge in [0.2, 0.25) is 11.8 Å². The van der Waals surface area contributed by atoms with E-state index in [-0.39, 0.29) is 17.9 Å². The second-order valence-corrected chi connectivity index (χ2v) is 7.05. The van der Waals surface area contributed by atoms with Gasteiger partial charge in [-0.3, -0.25) is 14.4 Å². The van der Waals surface area contributed by atoms with Gasteiger partial charge in [-0.25, -0.2) is 0 Å².